The fourth-order valence-corrected chi connectivity index (χ4v) is 1.63. The van der Waals surface area contributed by atoms with E-state index in [-0.39, 0.29) is 6.42 Å². The van der Waals surface area contributed by atoms with Crippen molar-refractivity contribution < 1.29 is 28.6 Å². The minimum atomic E-state index is -1.01. The van der Waals surface area contributed by atoms with Crippen LogP contribution in [-0.2, 0) is 28.6 Å². The van der Waals surface area contributed by atoms with Crippen LogP contribution in [0.3, 0.4) is 0 Å². The molecule has 0 aromatic rings. The molecule has 0 aliphatic heterocycles. The lowest BCUT2D eigenvalue weighted by molar-refractivity contribution is -0.177. The maximum atomic E-state index is 12.2. The Kier molecular flexibility index (Phi) is 6.60. The summed E-state index contributed by atoms with van der Waals surface area (Å²) in [5.41, 5.74) is -2.59. The van der Waals surface area contributed by atoms with Gasteiger partial charge < -0.3 is 14.2 Å². The lowest BCUT2D eigenvalue weighted by Gasteiger charge is -2.32. The van der Waals surface area contributed by atoms with Gasteiger partial charge in [-0.15, -0.1) is 0 Å². The molecule has 0 rings (SSSR count). The highest BCUT2D eigenvalue weighted by Crippen LogP contribution is 2.25. The number of hydrogen-bond donors (Lipinski definition) is 0. The van der Waals surface area contributed by atoms with Gasteiger partial charge in [0.25, 0.3) is 6.47 Å². The summed E-state index contributed by atoms with van der Waals surface area (Å²) in [4.78, 5) is 34.5. The third-order valence-electron chi connectivity index (χ3n) is 3.12. The third kappa shape index (κ3) is 7.43. The van der Waals surface area contributed by atoms with E-state index in [0.717, 1.165) is 0 Å². The van der Waals surface area contributed by atoms with Crippen LogP contribution < -0.4 is 0 Å². The van der Waals surface area contributed by atoms with Gasteiger partial charge in [-0.2, -0.15) is 0 Å². The molecule has 0 aromatic carbocycles. The van der Waals surface area contributed by atoms with Crippen molar-refractivity contribution in [2.45, 2.75) is 78.6 Å². The van der Waals surface area contributed by atoms with Crippen LogP contribution in [0.5, 0.6) is 0 Å². The highest BCUT2D eigenvalue weighted by molar-refractivity contribution is 5.76. The highest BCUT2D eigenvalue weighted by atomic mass is 16.6. The van der Waals surface area contributed by atoms with Crippen LogP contribution in [0.25, 0.3) is 0 Å². The van der Waals surface area contributed by atoms with Crippen molar-refractivity contribution in [2.75, 3.05) is 0 Å². The maximum absolute atomic E-state index is 12.2. The molecule has 0 radical (unpaired) electrons. The Bertz CT molecular complexity index is 417. The normalized spacial score (nSPS) is 14.0. The summed E-state index contributed by atoms with van der Waals surface area (Å²) in [6, 6.07) is 0. The van der Waals surface area contributed by atoms with Gasteiger partial charge in [0, 0.05) is 0 Å². The Balaban J connectivity index is 4.74. The molecule has 0 aliphatic rings. The summed E-state index contributed by atoms with van der Waals surface area (Å²) >= 11 is 0. The number of esters is 2. The number of carbonyl (C=O) groups is 3. The van der Waals surface area contributed by atoms with Gasteiger partial charge in [0.05, 0.1) is 12.3 Å². The standard InChI is InChI=1S/C16H28O6/c1-11(16(7,8)20-10-17)13(19)22-15(5,6)9-12(18)21-14(2,3)4/h10-11H,9H2,1-8H3. The van der Waals surface area contributed by atoms with Gasteiger partial charge in [-0.3, -0.25) is 14.4 Å². The first kappa shape index (κ1) is 20.4. The second-order valence-corrected chi connectivity index (χ2v) is 7.48. The molecule has 0 amide bonds. The first-order valence-electron chi connectivity index (χ1n) is 7.26. The zero-order chi connectivity index (χ0) is 17.8. The molecular weight excluding hydrogens is 288 g/mol. The molecule has 0 saturated carbocycles. The zero-order valence-corrected chi connectivity index (χ0v) is 14.8. The lowest BCUT2D eigenvalue weighted by Crippen LogP contribution is -2.42. The summed E-state index contributed by atoms with van der Waals surface area (Å²) in [5, 5.41) is 0. The summed E-state index contributed by atoms with van der Waals surface area (Å²) in [6.45, 7) is 13.7. The van der Waals surface area contributed by atoms with E-state index in [1.54, 1.807) is 55.4 Å². The van der Waals surface area contributed by atoms with Gasteiger partial charge in [-0.1, -0.05) is 0 Å². The van der Waals surface area contributed by atoms with Crippen LogP contribution in [0.4, 0.5) is 0 Å². The minimum absolute atomic E-state index is 0.0578. The van der Waals surface area contributed by atoms with Gasteiger partial charge in [0.1, 0.15) is 16.8 Å². The average Bonchev–Trinajstić information content (AvgIpc) is 2.22. The molecule has 0 aromatic heterocycles. The molecule has 1 unspecified atom stereocenters. The quantitative estimate of drug-likeness (QED) is 0.408. The second-order valence-electron chi connectivity index (χ2n) is 7.48. The Labute approximate surface area is 132 Å². The van der Waals surface area contributed by atoms with E-state index >= 15 is 0 Å². The van der Waals surface area contributed by atoms with Gasteiger partial charge in [0.15, 0.2) is 0 Å². The van der Waals surface area contributed by atoms with Crippen molar-refractivity contribution in [3.8, 4) is 0 Å². The summed E-state index contributed by atoms with van der Waals surface area (Å²) in [7, 11) is 0. The van der Waals surface area contributed by atoms with Crippen LogP contribution in [-0.4, -0.2) is 35.2 Å². The highest BCUT2D eigenvalue weighted by Gasteiger charge is 2.38. The van der Waals surface area contributed by atoms with Gasteiger partial charge in [-0.05, 0) is 55.4 Å². The van der Waals surface area contributed by atoms with Crippen molar-refractivity contribution in [3.05, 3.63) is 0 Å². The number of carbonyl (C=O) groups excluding carboxylic acids is 3. The Morgan fingerprint density at radius 1 is 1.00 bits per heavy atom. The van der Waals surface area contributed by atoms with E-state index in [9.17, 15) is 14.4 Å². The Morgan fingerprint density at radius 2 is 1.50 bits per heavy atom. The second kappa shape index (κ2) is 7.11. The van der Waals surface area contributed by atoms with Crippen LogP contribution in [0, 0.1) is 5.92 Å². The first-order valence-corrected chi connectivity index (χ1v) is 7.26. The van der Waals surface area contributed by atoms with Crippen molar-refractivity contribution in [1.82, 2.24) is 0 Å². The smallest absolute Gasteiger partial charge is 0.313 e. The van der Waals surface area contributed by atoms with Gasteiger partial charge >= 0.3 is 11.9 Å². The van der Waals surface area contributed by atoms with Crippen molar-refractivity contribution >= 4 is 18.4 Å². The monoisotopic (exact) mass is 316 g/mol. The number of ether oxygens (including phenoxy) is 3. The molecule has 128 valence electrons. The lowest BCUT2D eigenvalue weighted by atomic mass is 9.92. The molecule has 0 fully saturated rings. The molecule has 0 spiro atoms. The fraction of sp³-hybridized carbons (Fsp3) is 0.812. The third-order valence-corrected chi connectivity index (χ3v) is 3.12. The van der Waals surface area contributed by atoms with Crippen LogP contribution >= 0.6 is 0 Å². The van der Waals surface area contributed by atoms with E-state index in [4.69, 9.17) is 14.2 Å². The summed E-state index contributed by atoms with van der Waals surface area (Å²) in [6.07, 6.45) is -0.0578. The van der Waals surface area contributed by atoms with Crippen molar-refractivity contribution in [3.63, 3.8) is 0 Å². The molecular formula is C16H28O6. The number of rotatable bonds is 7. The molecule has 6 heteroatoms. The SMILES string of the molecule is CC(C(=O)OC(C)(C)CC(=O)OC(C)(C)C)C(C)(C)OC=O. The van der Waals surface area contributed by atoms with Gasteiger partial charge in [-0.25, -0.2) is 0 Å². The predicted octanol–water partition coefficient (Wildman–Crippen LogP) is 2.63. The molecule has 1 atom stereocenters. The van der Waals surface area contributed by atoms with E-state index in [1.807, 2.05) is 0 Å². The average molecular weight is 316 g/mol. The van der Waals surface area contributed by atoms with Gasteiger partial charge in [0.2, 0.25) is 0 Å². The molecule has 0 saturated heterocycles. The van der Waals surface area contributed by atoms with Crippen molar-refractivity contribution in [2.24, 2.45) is 5.92 Å². The summed E-state index contributed by atoms with van der Waals surface area (Å²) < 4.78 is 15.5. The Hall–Kier alpha value is -1.59. The topological polar surface area (TPSA) is 78.9 Å². The molecule has 0 N–H and O–H groups in total. The van der Waals surface area contributed by atoms with Crippen LogP contribution in [0.1, 0.15) is 61.8 Å². The molecule has 0 heterocycles. The zero-order valence-electron chi connectivity index (χ0n) is 14.8. The first-order chi connectivity index (χ1) is 9.70. The van der Waals surface area contributed by atoms with Crippen LogP contribution in [0.2, 0.25) is 0 Å². The largest absolute Gasteiger partial charge is 0.461 e. The van der Waals surface area contributed by atoms with Crippen molar-refractivity contribution in [1.29, 1.82) is 0 Å². The predicted molar refractivity (Wildman–Crippen MR) is 81.0 cm³/mol. The molecule has 6 nitrogen and oxygen atoms in total. The summed E-state index contributed by atoms with van der Waals surface area (Å²) in [5.74, 6) is -1.66. The Morgan fingerprint density at radius 3 is 1.91 bits per heavy atom. The van der Waals surface area contributed by atoms with Crippen LogP contribution in [0.15, 0.2) is 0 Å². The maximum Gasteiger partial charge on any atom is 0.313 e. The fourth-order valence-electron chi connectivity index (χ4n) is 1.63. The van der Waals surface area contributed by atoms with E-state index in [0.29, 0.717) is 6.47 Å². The van der Waals surface area contributed by atoms with E-state index in [2.05, 4.69) is 0 Å². The molecule has 0 bridgehead atoms. The molecule has 22 heavy (non-hydrogen) atoms. The minimum Gasteiger partial charge on any atom is -0.461 e. The van der Waals surface area contributed by atoms with E-state index < -0.39 is 34.7 Å². The molecule has 0 aliphatic carbocycles. The van der Waals surface area contributed by atoms with E-state index in [1.165, 1.54) is 0 Å². The number of hydrogen-bond acceptors (Lipinski definition) is 6.